The van der Waals surface area contributed by atoms with Crippen molar-refractivity contribution in [1.29, 1.82) is 0 Å². The number of nitrogens with one attached hydrogen (secondary N) is 1. The van der Waals surface area contributed by atoms with Crippen LogP contribution in [-0.4, -0.2) is 49.5 Å². The molecular formula is C20H27F3N2O3. The molecule has 0 spiro atoms. The van der Waals surface area contributed by atoms with E-state index < -0.39 is 6.36 Å². The first-order chi connectivity index (χ1) is 13.4. The van der Waals surface area contributed by atoms with Gasteiger partial charge >= 0.3 is 6.36 Å². The summed E-state index contributed by atoms with van der Waals surface area (Å²) in [7, 11) is 0. The van der Waals surface area contributed by atoms with Gasteiger partial charge in [0.05, 0.1) is 0 Å². The highest BCUT2D eigenvalue weighted by atomic mass is 19.4. The molecule has 156 valence electrons. The summed E-state index contributed by atoms with van der Waals surface area (Å²) in [6, 6.07) is 6.25. The Bertz CT molecular complexity index is 623. The van der Waals surface area contributed by atoms with Gasteiger partial charge in [-0.2, -0.15) is 0 Å². The Balaban J connectivity index is 1.37. The molecule has 5 nitrogen and oxygen atoms in total. The molecule has 2 saturated heterocycles. The van der Waals surface area contributed by atoms with Crippen molar-refractivity contribution in [3.05, 3.63) is 29.8 Å². The maximum Gasteiger partial charge on any atom is 0.573 e. The molecule has 1 aromatic carbocycles. The van der Waals surface area contributed by atoms with Crippen molar-refractivity contribution in [3.8, 4) is 5.75 Å². The normalized spacial score (nSPS) is 20.1. The zero-order valence-corrected chi connectivity index (χ0v) is 15.8. The van der Waals surface area contributed by atoms with Crippen molar-refractivity contribution in [2.45, 2.75) is 51.1 Å². The Morgan fingerprint density at radius 1 is 1.11 bits per heavy atom. The lowest BCUT2D eigenvalue weighted by atomic mass is 9.92. The van der Waals surface area contributed by atoms with Crippen LogP contribution in [0.4, 0.5) is 13.2 Å². The Hall–Kier alpha value is -1.80. The third kappa shape index (κ3) is 6.98. The smallest absolute Gasteiger partial charge is 0.406 e. The lowest BCUT2D eigenvalue weighted by Gasteiger charge is -2.32. The second kappa shape index (κ2) is 9.60. The number of halogens is 3. The molecule has 28 heavy (non-hydrogen) atoms. The third-order valence-corrected chi connectivity index (χ3v) is 5.33. The van der Waals surface area contributed by atoms with E-state index in [-0.39, 0.29) is 17.7 Å². The molecule has 0 unspecified atom stereocenters. The van der Waals surface area contributed by atoms with Gasteiger partial charge in [-0.25, -0.2) is 0 Å². The molecule has 8 heteroatoms. The molecule has 2 fully saturated rings. The molecule has 0 aliphatic carbocycles. The standard InChI is InChI=1S/C20H27F3N2O3/c21-20(22,23)28-18-3-1-16(2-4-18)14-25-9-5-15(6-10-25)13-19(26)24-17-7-11-27-12-8-17/h1-4,15,17H,5-14H2,(H,24,26). The van der Waals surface area contributed by atoms with Crippen LogP contribution in [0.3, 0.4) is 0 Å². The lowest BCUT2D eigenvalue weighted by Crippen LogP contribution is -2.41. The minimum atomic E-state index is -4.67. The van der Waals surface area contributed by atoms with Gasteiger partial charge in [-0.15, -0.1) is 13.2 Å². The van der Waals surface area contributed by atoms with Gasteiger partial charge in [-0.3, -0.25) is 9.69 Å². The van der Waals surface area contributed by atoms with E-state index in [1.165, 1.54) is 12.1 Å². The second-order valence-electron chi connectivity index (χ2n) is 7.57. The van der Waals surface area contributed by atoms with Gasteiger partial charge in [0.1, 0.15) is 5.75 Å². The summed E-state index contributed by atoms with van der Waals surface area (Å²) in [5.41, 5.74) is 0.949. The van der Waals surface area contributed by atoms with E-state index in [1.54, 1.807) is 12.1 Å². The van der Waals surface area contributed by atoms with E-state index in [0.717, 1.165) is 44.3 Å². The number of hydrogen-bond acceptors (Lipinski definition) is 4. The molecule has 0 aromatic heterocycles. The number of rotatable bonds is 6. The fourth-order valence-electron chi connectivity index (χ4n) is 3.79. The van der Waals surface area contributed by atoms with E-state index >= 15 is 0 Å². The topological polar surface area (TPSA) is 50.8 Å². The molecule has 2 aliphatic heterocycles. The van der Waals surface area contributed by atoms with Crippen LogP contribution in [0.1, 0.15) is 37.7 Å². The average Bonchev–Trinajstić information content (AvgIpc) is 2.64. The molecule has 0 saturated carbocycles. The number of carbonyl (C=O) groups is 1. The van der Waals surface area contributed by atoms with E-state index in [4.69, 9.17) is 4.74 Å². The largest absolute Gasteiger partial charge is 0.573 e. The van der Waals surface area contributed by atoms with Crippen LogP contribution in [0.25, 0.3) is 0 Å². The molecule has 3 rings (SSSR count). The number of nitrogens with zero attached hydrogens (tertiary/aromatic N) is 1. The molecule has 0 atom stereocenters. The summed E-state index contributed by atoms with van der Waals surface area (Å²) in [6.45, 7) is 3.89. The van der Waals surface area contributed by atoms with Gasteiger partial charge < -0.3 is 14.8 Å². The third-order valence-electron chi connectivity index (χ3n) is 5.33. The lowest BCUT2D eigenvalue weighted by molar-refractivity contribution is -0.274. The highest BCUT2D eigenvalue weighted by molar-refractivity contribution is 5.76. The van der Waals surface area contributed by atoms with Crippen LogP contribution in [0.15, 0.2) is 24.3 Å². The Morgan fingerprint density at radius 2 is 1.75 bits per heavy atom. The Kier molecular flexibility index (Phi) is 7.18. The van der Waals surface area contributed by atoms with Crippen molar-refractivity contribution in [2.75, 3.05) is 26.3 Å². The van der Waals surface area contributed by atoms with Gasteiger partial charge in [0.25, 0.3) is 0 Å². The van der Waals surface area contributed by atoms with Crippen LogP contribution in [0.2, 0.25) is 0 Å². The van der Waals surface area contributed by atoms with Gasteiger partial charge in [-0.05, 0) is 62.4 Å². The number of hydrogen-bond donors (Lipinski definition) is 1. The van der Waals surface area contributed by atoms with Crippen molar-refractivity contribution < 1.29 is 27.4 Å². The first kappa shape index (κ1) is 20.9. The molecule has 2 heterocycles. The van der Waals surface area contributed by atoms with Gasteiger partial charge in [0.15, 0.2) is 0 Å². The molecule has 0 bridgehead atoms. The number of carbonyl (C=O) groups excluding carboxylic acids is 1. The number of alkyl halides is 3. The number of likely N-dealkylation sites (tertiary alicyclic amines) is 1. The predicted molar refractivity (Wildman–Crippen MR) is 97.7 cm³/mol. The number of ether oxygens (including phenoxy) is 2. The highest BCUT2D eigenvalue weighted by Gasteiger charge is 2.31. The summed E-state index contributed by atoms with van der Waals surface area (Å²) >= 11 is 0. The Morgan fingerprint density at radius 3 is 2.36 bits per heavy atom. The molecule has 2 aliphatic rings. The predicted octanol–water partition coefficient (Wildman–Crippen LogP) is 3.48. The monoisotopic (exact) mass is 400 g/mol. The SMILES string of the molecule is O=C(CC1CCN(Cc2ccc(OC(F)(F)F)cc2)CC1)NC1CCOCC1. The maximum absolute atomic E-state index is 12.2. The number of amides is 1. The maximum atomic E-state index is 12.2. The van der Waals surface area contributed by atoms with Gasteiger partial charge in [-0.1, -0.05) is 12.1 Å². The minimum absolute atomic E-state index is 0.130. The quantitative estimate of drug-likeness (QED) is 0.794. The minimum Gasteiger partial charge on any atom is -0.406 e. The summed E-state index contributed by atoms with van der Waals surface area (Å²) in [6.07, 6.45) is -0.421. The summed E-state index contributed by atoms with van der Waals surface area (Å²) < 4.78 is 45.8. The first-order valence-electron chi connectivity index (χ1n) is 9.81. The van der Waals surface area contributed by atoms with Crippen LogP contribution in [-0.2, 0) is 16.1 Å². The van der Waals surface area contributed by atoms with Crippen molar-refractivity contribution in [1.82, 2.24) is 10.2 Å². The highest BCUT2D eigenvalue weighted by Crippen LogP contribution is 2.25. The number of piperidine rings is 1. The fourth-order valence-corrected chi connectivity index (χ4v) is 3.79. The second-order valence-corrected chi connectivity index (χ2v) is 7.57. The summed E-state index contributed by atoms with van der Waals surface area (Å²) in [4.78, 5) is 14.5. The number of benzene rings is 1. The van der Waals surface area contributed by atoms with Crippen LogP contribution >= 0.6 is 0 Å². The average molecular weight is 400 g/mol. The zero-order valence-electron chi connectivity index (χ0n) is 15.8. The van der Waals surface area contributed by atoms with E-state index in [1.807, 2.05) is 0 Å². The van der Waals surface area contributed by atoms with Crippen molar-refractivity contribution in [2.24, 2.45) is 5.92 Å². The molecule has 0 radical (unpaired) electrons. The fraction of sp³-hybridized carbons (Fsp3) is 0.650. The van der Waals surface area contributed by atoms with Crippen LogP contribution in [0.5, 0.6) is 5.75 Å². The first-order valence-corrected chi connectivity index (χ1v) is 9.81. The molecule has 1 aromatic rings. The molecular weight excluding hydrogens is 373 g/mol. The van der Waals surface area contributed by atoms with E-state index in [9.17, 15) is 18.0 Å². The Labute approximate surface area is 163 Å². The summed E-state index contributed by atoms with van der Waals surface area (Å²) in [5, 5.41) is 3.11. The molecule has 1 N–H and O–H groups in total. The molecule has 1 amide bonds. The van der Waals surface area contributed by atoms with Crippen LogP contribution < -0.4 is 10.1 Å². The van der Waals surface area contributed by atoms with Crippen molar-refractivity contribution >= 4 is 5.91 Å². The van der Waals surface area contributed by atoms with Gasteiger partial charge in [0.2, 0.25) is 5.91 Å². The van der Waals surface area contributed by atoms with E-state index in [0.29, 0.717) is 32.1 Å². The zero-order chi connectivity index (χ0) is 20.0. The summed E-state index contributed by atoms with van der Waals surface area (Å²) in [5.74, 6) is 0.315. The van der Waals surface area contributed by atoms with Gasteiger partial charge in [0, 0.05) is 32.2 Å². The van der Waals surface area contributed by atoms with Crippen molar-refractivity contribution in [3.63, 3.8) is 0 Å². The van der Waals surface area contributed by atoms with Crippen LogP contribution in [0, 0.1) is 5.92 Å². The van der Waals surface area contributed by atoms with E-state index in [2.05, 4.69) is 15.0 Å².